The van der Waals surface area contributed by atoms with Crippen molar-refractivity contribution in [3.63, 3.8) is 0 Å². The first-order valence-electron chi connectivity index (χ1n) is 5.72. The summed E-state index contributed by atoms with van der Waals surface area (Å²) in [7, 11) is 0. The Morgan fingerprint density at radius 2 is 2.12 bits per heavy atom. The predicted molar refractivity (Wildman–Crippen MR) is 58.5 cm³/mol. The summed E-state index contributed by atoms with van der Waals surface area (Å²) in [5.74, 6) is -0.565. The first-order valence-corrected chi connectivity index (χ1v) is 5.72. The van der Waals surface area contributed by atoms with Gasteiger partial charge in [-0.25, -0.2) is 4.68 Å². The summed E-state index contributed by atoms with van der Waals surface area (Å²) in [6.45, 7) is 1.17. The van der Waals surface area contributed by atoms with Crippen molar-refractivity contribution in [1.29, 1.82) is 0 Å². The Labute approximate surface area is 97.8 Å². The Kier molecular flexibility index (Phi) is 2.01. The third-order valence-electron chi connectivity index (χ3n) is 3.78. The molecule has 1 N–H and O–H groups in total. The minimum absolute atomic E-state index is 0.282. The van der Waals surface area contributed by atoms with Gasteiger partial charge >= 0.3 is 5.97 Å². The minimum Gasteiger partial charge on any atom is -0.480 e. The Hall–Kier alpha value is -1.85. The molecule has 2 heterocycles. The quantitative estimate of drug-likeness (QED) is 0.757. The lowest BCUT2D eigenvalue weighted by atomic mass is 9.68. The molecule has 1 aliphatic heterocycles. The van der Waals surface area contributed by atoms with Gasteiger partial charge in [0.05, 0.1) is 12.7 Å². The van der Waals surface area contributed by atoms with E-state index in [0.717, 1.165) is 6.42 Å². The molecular formula is C11H13N3O3. The summed E-state index contributed by atoms with van der Waals surface area (Å²) in [6, 6.07) is 1.75. The highest BCUT2D eigenvalue weighted by Gasteiger charge is 2.54. The summed E-state index contributed by atoms with van der Waals surface area (Å²) in [6.07, 6.45) is 3.34. The predicted octanol–water partition coefficient (Wildman–Crippen LogP) is 0.485. The summed E-state index contributed by atoms with van der Waals surface area (Å²) in [5, 5.41) is 13.3. The summed E-state index contributed by atoms with van der Waals surface area (Å²) in [5.41, 5.74) is -1.18. The fourth-order valence-electron chi connectivity index (χ4n) is 2.55. The molecular weight excluding hydrogens is 222 g/mol. The lowest BCUT2D eigenvalue weighted by Gasteiger charge is -2.38. The van der Waals surface area contributed by atoms with Gasteiger partial charge in [-0.2, -0.15) is 5.10 Å². The van der Waals surface area contributed by atoms with Crippen LogP contribution >= 0.6 is 0 Å². The molecule has 0 saturated heterocycles. The first kappa shape index (κ1) is 10.3. The van der Waals surface area contributed by atoms with Crippen LogP contribution in [0.2, 0.25) is 0 Å². The molecule has 2 aliphatic rings. The highest BCUT2D eigenvalue weighted by molar-refractivity contribution is 6.10. The topological polar surface area (TPSA) is 75.4 Å². The number of hydrogen-bond acceptors (Lipinski definition) is 3. The number of carbonyl (C=O) groups excluding carboxylic acids is 1. The van der Waals surface area contributed by atoms with Gasteiger partial charge in [0.15, 0.2) is 0 Å². The number of amides is 1. The van der Waals surface area contributed by atoms with Crippen molar-refractivity contribution in [3.8, 4) is 0 Å². The molecule has 0 aromatic carbocycles. The van der Waals surface area contributed by atoms with Gasteiger partial charge in [0.25, 0.3) is 0 Å². The Bertz CT molecular complexity index is 490. The fraction of sp³-hybridized carbons (Fsp3) is 0.545. The van der Waals surface area contributed by atoms with E-state index in [-0.39, 0.29) is 5.91 Å². The van der Waals surface area contributed by atoms with E-state index in [2.05, 4.69) is 5.10 Å². The molecule has 1 amide bonds. The van der Waals surface area contributed by atoms with E-state index >= 15 is 0 Å². The minimum atomic E-state index is -1.18. The second kappa shape index (κ2) is 3.32. The van der Waals surface area contributed by atoms with Gasteiger partial charge < -0.3 is 5.11 Å². The number of rotatable bonds is 2. The monoisotopic (exact) mass is 235 g/mol. The molecule has 1 fully saturated rings. The number of anilines is 1. The number of carbonyl (C=O) groups is 2. The molecule has 17 heavy (non-hydrogen) atoms. The number of fused-ring (bicyclic) bond motifs is 1. The van der Waals surface area contributed by atoms with Crippen molar-refractivity contribution in [2.45, 2.75) is 25.8 Å². The highest BCUT2D eigenvalue weighted by Crippen LogP contribution is 2.44. The second-order valence-electron chi connectivity index (χ2n) is 4.61. The molecule has 0 atom stereocenters. The van der Waals surface area contributed by atoms with E-state index in [1.807, 2.05) is 0 Å². The average Bonchev–Trinajstić information content (AvgIpc) is 2.74. The van der Waals surface area contributed by atoms with Crippen LogP contribution in [-0.4, -0.2) is 33.3 Å². The number of aliphatic carboxylic acids is 1. The first-order chi connectivity index (χ1) is 8.15. The van der Waals surface area contributed by atoms with Gasteiger partial charge in [-0.1, -0.05) is 6.42 Å². The van der Waals surface area contributed by atoms with E-state index in [1.54, 1.807) is 21.8 Å². The normalized spacial score (nSPS) is 20.8. The molecule has 0 spiro atoms. The van der Waals surface area contributed by atoms with Crippen LogP contribution in [0.1, 0.15) is 19.3 Å². The van der Waals surface area contributed by atoms with E-state index in [4.69, 9.17) is 0 Å². The lowest BCUT2D eigenvalue weighted by molar-refractivity contribution is -0.160. The average molecular weight is 235 g/mol. The van der Waals surface area contributed by atoms with Crippen LogP contribution in [0, 0.1) is 5.41 Å². The molecule has 1 saturated carbocycles. The van der Waals surface area contributed by atoms with Crippen LogP contribution in [0.25, 0.3) is 0 Å². The molecule has 0 bridgehead atoms. The van der Waals surface area contributed by atoms with Crippen molar-refractivity contribution in [2.24, 2.45) is 5.41 Å². The molecule has 0 unspecified atom stereocenters. The van der Waals surface area contributed by atoms with E-state index in [9.17, 15) is 14.7 Å². The number of hydrogen-bond donors (Lipinski definition) is 1. The molecule has 3 rings (SSSR count). The zero-order chi connectivity index (χ0) is 12.0. The van der Waals surface area contributed by atoms with Crippen molar-refractivity contribution >= 4 is 17.7 Å². The zero-order valence-corrected chi connectivity index (χ0v) is 9.30. The summed E-state index contributed by atoms with van der Waals surface area (Å²) >= 11 is 0. The Balaban J connectivity index is 1.91. The number of aromatic nitrogens is 2. The Morgan fingerprint density at radius 1 is 1.35 bits per heavy atom. The van der Waals surface area contributed by atoms with Crippen molar-refractivity contribution < 1.29 is 14.7 Å². The maximum Gasteiger partial charge on any atom is 0.319 e. The third kappa shape index (κ3) is 1.23. The summed E-state index contributed by atoms with van der Waals surface area (Å²) in [4.78, 5) is 25.2. The Morgan fingerprint density at radius 3 is 2.71 bits per heavy atom. The molecule has 0 radical (unpaired) electrons. The summed E-state index contributed by atoms with van der Waals surface area (Å²) < 4.78 is 1.73. The van der Waals surface area contributed by atoms with Crippen LogP contribution in [-0.2, 0) is 16.1 Å². The molecule has 1 aromatic rings. The second-order valence-corrected chi connectivity index (χ2v) is 4.61. The van der Waals surface area contributed by atoms with E-state index in [0.29, 0.717) is 31.7 Å². The fourth-order valence-corrected chi connectivity index (χ4v) is 2.55. The van der Waals surface area contributed by atoms with Gasteiger partial charge in [0, 0.05) is 12.6 Å². The molecule has 90 valence electrons. The maximum atomic E-state index is 12.4. The van der Waals surface area contributed by atoms with Crippen molar-refractivity contribution in [1.82, 2.24) is 9.78 Å². The largest absolute Gasteiger partial charge is 0.480 e. The van der Waals surface area contributed by atoms with Crippen LogP contribution in [0.4, 0.5) is 5.82 Å². The van der Waals surface area contributed by atoms with Crippen molar-refractivity contribution in [3.05, 3.63) is 12.3 Å². The van der Waals surface area contributed by atoms with Crippen LogP contribution in [0.3, 0.4) is 0 Å². The third-order valence-corrected chi connectivity index (χ3v) is 3.78. The molecule has 6 heteroatoms. The number of carboxylic acid groups (broad SMARTS) is 1. The highest BCUT2D eigenvalue weighted by atomic mass is 16.4. The molecule has 1 aliphatic carbocycles. The molecule has 6 nitrogen and oxygen atoms in total. The van der Waals surface area contributed by atoms with Gasteiger partial charge in [0.1, 0.15) is 11.2 Å². The van der Waals surface area contributed by atoms with Gasteiger partial charge in [0.2, 0.25) is 5.91 Å². The number of nitrogens with zero attached hydrogens (tertiary/aromatic N) is 3. The van der Waals surface area contributed by atoms with Gasteiger partial charge in [-0.05, 0) is 12.8 Å². The maximum absolute atomic E-state index is 12.4. The van der Waals surface area contributed by atoms with Crippen LogP contribution in [0.5, 0.6) is 0 Å². The standard InChI is InChI=1S/C11H13N3O3/c15-9(11(10(16)17)3-1-4-11)13-6-7-14-8(13)2-5-12-14/h2,5H,1,3-4,6-7H2,(H,16,17). The smallest absolute Gasteiger partial charge is 0.319 e. The zero-order valence-electron chi connectivity index (χ0n) is 9.30. The van der Waals surface area contributed by atoms with Gasteiger partial charge in [-0.3, -0.25) is 14.5 Å². The van der Waals surface area contributed by atoms with Gasteiger partial charge in [-0.15, -0.1) is 0 Å². The van der Waals surface area contributed by atoms with Crippen molar-refractivity contribution in [2.75, 3.05) is 11.4 Å². The van der Waals surface area contributed by atoms with E-state index in [1.165, 1.54) is 0 Å². The molecule has 1 aromatic heterocycles. The van der Waals surface area contributed by atoms with Crippen LogP contribution < -0.4 is 4.90 Å². The van der Waals surface area contributed by atoms with E-state index < -0.39 is 11.4 Å². The SMILES string of the molecule is O=C(O)C1(C(=O)N2CCn3nccc32)CCC1. The lowest BCUT2D eigenvalue weighted by Crippen LogP contribution is -2.52. The number of carboxylic acids is 1. The van der Waals surface area contributed by atoms with Crippen LogP contribution in [0.15, 0.2) is 12.3 Å².